The number of esters is 1. The average Bonchev–Trinajstić information content (AvgIpc) is 3.13. The summed E-state index contributed by atoms with van der Waals surface area (Å²) in [6.45, 7) is 0.919. The van der Waals surface area contributed by atoms with Gasteiger partial charge in [0.15, 0.2) is 17.8 Å². The zero-order valence-corrected chi connectivity index (χ0v) is 20.3. The highest BCUT2D eigenvalue weighted by Gasteiger charge is 2.57. The number of aliphatic hydroxyl groups excluding tert-OH is 4. The average molecular weight is 525 g/mol. The Labute approximate surface area is 212 Å². The Hall–Kier alpha value is -2.71. The predicted octanol–water partition coefficient (Wildman–Crippen LogP) is -0.601. The second-order valence-electron chi connectivity index (χ2n) is 9.57. The monoisotopic (exact) mass is 524 g/mol. The third-order valence-electron chi connectivity index (χ3n) is 6.98. The number of aliphatic hydroxyl groups is 5. The minimum Gasteiger partial charge on any atom is -0.504 e. The van der Waals surface area contributed by atoms with Gasteiger partial charge in [-0.25, -0.2) is 4.79 Å². The van der Waals surface area contributed by atoms with Crippen molar-refractivity contribution in [2.75, 3.05) is 13.7 Å². The van der Waals surface area contributed by atoms with E-state index in [9.17, 15) is 35.4 Å². The summed E-state index contributed by atoms with van der Waals surface area (Å²) >= 11 is 0. The smallest absolute Gasteiger partial charge is 0.331 e. The number of phenolic OH excluding ortho intramolecular Hbond substituents is 1. The van der Waals surface area contributed by atoms with Crippen molar-refractivity contribution in [3.8, 4) is 11.5 Å². The summed E-state index contributed by atoms with van der Waals surface area (Å²) in [6.07, 6.45) is -3.65. The molecule has 3 aliphatic rings. The number of methoxy groups -OCH3 is 1. The van der Waals surface area contributed by atoms with Crippen LogP contribution in [0.1, 0.15) is 18.9 Å². The molecule has 37 heavy (non-hydrogen) atoms. The third kappa shape index (κ3) is 5.60. The van der Waals surface area contributed by atoms with Crippen LogP contribution in [0.15, 0.2) is 36.6 Å². The number of ether oxygens (including phenoxy) is 5. The quantitative estimate of drug-likeness (QED) is 0.197. The fourth-order valence-electron chi connectivity index (χ4n) is 5.05. The molecule has 6 N–H and O–H groups in total. The first-order valence-corrected chi connectivity index (χ1v) is 11.8. The van der Waals surface area contributed by atoms with Gasteiger partial charge < -0.3 is 54.3 Å². The largest absolute Gasteiger partial charge is 0.504 e. The third-order valence-corrected chi connectivity index (χ3v) is 6.98. The highest BCUT2D eigenvalue weighted by atomic mass is 16.8. The number of carbonyl (C=O) groups is 1. The summed E-state index contributed by atoms with van der Waals surface area (Å²) < 4.78 is 27.3. The first kappa shape index (κ1) is 27.3. The fraction of sp³-hybridized carbons (Fsp3) is 0.560. The fourth-order valence-corrected chi connectivity index (χ4v) is 5.05. The zero-order chi connectivity index (χ0) is 26.9. The molecular weight excluding hydrogens is 492 g/mol. The Kier molecular flexibility index (Phi) is 8.09. The van der Waals surface area contributed by atoms with Gasteiger partial charge in [0.25, 0.3) is 0 Å². The van der Waals surface area contributed by atoms with Crippen LogP contribution in [0.25, 0.3) is 6.08 Å². The van der Waals surface area contributed by atoms with E-state index in [-0.39, 0.29) is 12.2 Å². The van der Waals surface area contributed by atoms with Crippen molar-refractivity contribution in [1.82, 2.24) is 0 Å². The van der Waals surface area contributed by atoms with Gasteiger partial charge in [0.05, 0.1) is 31.5 Å². The molecule has 0 amide bonds. The topological polar surface area (TPSA) is 185 Å². The molecule has 0 spiro atoms. The van der Waals surface area contributed by atoms with Gasteiger partial charge in [-0.1, -0.05) is 6.07 Å². The Morgan fingerprint density at radius 3 is 2.62 bits per heavy atom. The summed E-state index contributed by atoms with van der Waals surface area (Å²) in [7, 11) is 1.43. The van der Waals surface area contributed by atoms with Gasteiger partial charge >= 0.3 is 5.97 Å². The van der Waals surface area contributed by atoms with Crippen molar-refractivity contribution >= 4 is 12.0 Å². The lowest BCUT2D eigenvalue weighted by Gasteiger charge is -2.43. The van der Waals surface area contributed by atoms with Gasteiger partial charge in [-0.3, -0.25) is 0 Å². The summed E-state index contributed by atoms with van der Waals surface area (Å²) in [5.41, 5.74) is -0.865. The van der Waals surface area contributed by atoms with Crippen LogP contribution in [0.2, 0.25) is 0 Å². The van der Waals surface area contributed by atoms with E-state index in [0.717, 1.165) is 0 Å². The molecule has 2 aliphatic heterocycles. The molecule has 2 fully saturated rings. The normalized spacial score (nSPS) is 39.3. The van der Waals surface area contributed by atoms with E-state index in [1.165, 1.54) is 31.6 Å². The lowest BCUT2D eigenvalue weighted by atomic mass is 9.85. The molecule has 2 heterocycles. The van der Waals surface area contributed by atoms with E-state index in [0.29, 0.717) is 11.3 Å². The second-order valence-corrected chi connectivity index (χ2v) is 9.57. The predicted molar refractivity (Wildman–Crippen MR) is 125 cm³/mol. The van der Waals surface area contributed by atoms with E-state index in [1.54, 1.807) is 25.1 Å². The molecule has 10 atom stereocenters. The number of rotatable bonds is 7. The molecule has 1 saturated heterocycles. The van der Waals surface area contributed by atoms with Crippen LogP contribution >= 0.6 is 0 Å². The van der Waals surface area contributed by atoms with Crippen LogP contribution in [0.3, 0.4) is 0 Å². The maximum atomic E-state index is 12.6. The van der Waals surface area contributed by atoms with Crippen molar-refractivity contribution in [1.29, 1.82) is 0 Å². The van der Waals surface area contributed by atoms with E-state index in [4.69, 9.17) is 23.7 Å². The molecule has 1 aromatic rings. The van der Waals surface area contributed by atoms with Gasteiger partial charge in [0.1, 0.15) is 30.5 Å². The van der Waals surface area contributed by atoms with Crippen molar-refractivity contribution in [3.63, 3.8) is 0 Å². The van der Waals surface area contributed by atoms with Crippen LogP contribution < -0.4 is 4.74 Å². The molecular formula is C25H32O12. The molecule has 1 aliphatic carbocycles. The Morgan fingerprint density at radius 2 is 1.95 bits per heavy atom. The first-order chi connectivity index (χ1) is 17.6. The number of aromatic hydroxyl groups is 1. The minimum atomic E-state index is -1.65. The van der Waals surface area contributed by atoms with Crippen LogP contribution in [0, 0.1) is 11.8 Å². The van der Waals surface area contributed by atoms with Gasteiger partial charge in [0, 0.05) is 18.4 Å². The molecule has 1 aromatic carbocycles. The van der Waals surface area contributed by atoms with Gasteiger partial charge in [-0.2, -0.15) is 0 Å². The van der Waals surface area contributed by atoms with Crippen LogP contribution in [-0.4, -0.2) is 99.0 Å². The van der Waals surface area contributed by atoms with E-state index in [1.807, 2.05) is 0 Å². The number of benzene rings is 1. The molecule has 0 aromatic heterocycles. The standard InChI is InChI=1S/C25H32O12/c1-25(32)10-16(35-18(28)6-4-12-3-5-15(33-2)14(27)9-12)13-7-8-34-23(19(13)25)37-24-22(31)21(30)20(29)17(11-26)36-24/h3-9,13,16-17,19-24,26-27,29-32H,10-11H2,1-2H3/b6-4+/t13-,16+,17+,19+,20+,21-,22+,23-,24-,25-/m0/s1. The first-order valence-electron chi connectivity index (χ1n) is 11.8. The molecule has 12 nitrogen and oxygen atoms in total. The maximum Gasteiger partial charge on any atom is 0.331 e. The van der Waals surface area contributed by atoms with Crippen LogP contribution in [-0.2, 0) is 23.7 Å². The maximum absolute atomic E-state index is 12.6. The Bertz CT molecular complexity index is 1020. The van der Waals surface area contributed by atoms with E-state index >= 15 is 0 Å². The second kappa shape index (κ2) is 11.0. The molecule has 0 bridgehead atoms. The molecule has 0 unspecified atom stereocenters. The number of hydrogen-bond donors (Lipinski definition) is 6. The highest BCUT2D eigenvalue weighted by molar-refractivity contribution is 5.87. The molecule has 204 valence electrons. The number of phenols is 1. The highest BCUT2D eigenvalue weighted by Crippen LogP contribution is 2.48. The lowest BCUT2D eigenvalue weighted by molar-refractivity contribution is -0.346. The van der Waals surface area contributed by atoms with Crippen LogP contribution in [0.5, 0.6) is 11.5 Å². The molecule has 0 radical (unpaired) electrons. The van der Waals surface area contributed by atoms with Gasteiger partial charge in [0.2, 0.25) is 6.29 Å². The summed E-state index contributed by atoms with van der Waals surface area (Å²) in [5, 5.41) is 60.8. The molecule has 4 rings (SSSR count). The van der Waals surface area contributed by atoms with Crippen molar-refractivity contribution < 1.29 is 59.1 Å². The molecule has 12 heteroatoms. The molecule has 1 saturated carbocycles. The van der Waals surface area contributed by atoms with Gasteiger partial charge in [-0.15, -0.1) is 0 Å². The number of carbonyl (C=O) groups excluding carboxylic acids is 1. The van der Waals surface area contributed by atoms with E-state index in [2.05, 4.69) is 0 Å². The summed E-state index contributed by atoms with van der Waals surface area (Å²) in [4.78, 5) is 12.6. The Balaban J connectivity index is 1.43. The number of fused-ring (bicyclic) bond motifs is 1. The summed E-state index contributed by atoms with van der Waals surface area (Å²) in [5.74, 6) is -1.70. The van der Waals surface area contributed by atoms with Crippen LogP contribution in [0.4, 0.5) is 0 Å². The lowest BCUT2D eigenvalue weighted by Crippen LogP contribution is -2.60. The van der Waals surface area contributed by atoms with E-state index < -0.39 is 73.1 Å². The Morgan fingerprint density at radius 1 is 1.19 bits per heavy atom. The van der Waals surface area contributed by atoms with Gasteiger partial charge in [-0.05, 0) is 36.8 Å². The number of hydrogen-bond acceptors (Lipinski definition) is 12. The van der Waals surface area contributed by atoms with Crippen molar-refractivity contribution in [2.45, 2.75) is 62.0 Å². The SMILES string of the molecule is COc1ccc(/C=C/C(=O)O[C@@H]2C[C@](C)(O)[C@H]3[C@H](O[C@@H]4O[C@H](CO)[C@@H](O)[C@H](O)[C@H]4O)OC=C[C@H]32)cc1O. The van der Waals surface area contributed by atoms with Crippen molar-refractivity contribution in [3.05, 3.63) is 42.2 Å². The minimum absolute atomic E-state index is 0.0630. The zero-order valence-electron chi connectivity index (χ0n) is 20.3. The van der Waals surface area contributed by atoms with Crippen molar-refractivity contribution in [2.24, 2.45) is 11.8 Å². The summed E-state index contributed by atoms with van der Waals surface area (Å²) in [6, 6.07) is 4.64.